The zero-order valence-corrected chi connectivity index (χ0v) is 25.3. The molecule has 0 radical (unpaired) electrons. The lowest BCUT2D eigenvalue weighted by Gasteiger charge is -2.30. The van der Waals surface area contributed by atoms with E-state index in [9.17, 15) is 22.8 Å². The second kappa shape index (κ2) is 12.3. The fourth-order valence-corrected chi connectivity index (χ4v) is 7.98. The van der Waals surface area contributed by atoms with Crippen molar-refractivity contribution in [3.63, 3.8) is 0 Å². The molecule has 4 atom stereocenters. The smallest absolute Gasteiger partial charge is 0.245 e. The Labute approximate surface area is 252 Å². The number of carbonyl (C=O) groups is 3. The first kappa shape index (κ1) is 30.5. The fourth-order valence-electron chi connectivity index (χ4n) is 6.21. The topological polar surface area (TPSA) is 142 Å². The molecule has 2 saturated heterocycles. The van der Waals surface area contributed by atoms with Gasteiger partial charge >= 0.3 is 0 Å². The second-order valence-corrected chi connectivity index (χ2v) is 13.9. The SMILES string of the molecule is C[C@@H]1CCN(C(=O)C2CC2(NS(=O)(=O)Cc2ccccc2)C(=O)N2CCC[C@H]2C(=O)NCc2cc(Cl)ccc2CN)C1. The molecule has 2 heterocycles. The molecule has 4 N–H and O–H groups in total. The Hall–Kier alpha value is -2.99. The van der Waals surface area contributed by atoms with E-state index in [1.807, 2.05) is 6.07 Å². The number of sulfonamides is 1. The Kier molecular flexibility index (Phi) is 8.94. The molecule has 5 rings (SSSR count). The van der Waals surface area contributed by atoms with Crippen LogP contribution in [0, 0.1) is 11.8 Å². The van der Waals surface area contributed by atoms with E-state index in [1.165, 1.54) is 4.90 Å². The van der Waals surface area contributed by atoms with Crippen LogP contribution < -0.4 is 15.8 Å². The normalized spacial score (nSPS) is 25.5. The number of rotatable bonds is 10. The molecule has 0 aromatic heterocycles. The number of nitrogens with zero attached hydrogens (tertiary/aromatic N) is 2. The molecule has 2 aromatic rings. The van der Waals surface area contributed by atoms with Crippen LogP contribution in [0.25, 0.3) is 0 Å². The number of carbonyl (C=O) groups excluding carboxylic acids is 3. The van der Waals surface area contributed by atoms with Gasteiger partial charge in [-0.1, -0.05) is 54.9 Å². The molecule has 0 spiro atoms. The molecular weight excluding hydrogens is 578 g/mol. The minimum atomic E-state index is -3.99. The summed E-state index contributed by atoms with van der Waals surface area (Å²) in [5.74, 6) is -1.87. The summed E-state index contributed by atoms with van der Waals surface area (Å²) in [6.07, 6.45) is 1.96. The van der Waals surface area contributed by atoms with Crippen LogP contribution in [0.5, 0.6) is 0 Å². The van der Waals surface area contributed by atoms with Gasteiger partial charge in [0, 0.05) is 37.7 Å². The van der Waals surface area contributed by atoms with E-state index in [4.69, 9.17) is 17.3 Å². The zero-order chi connectivity index (χ0) is 30.1. The molecule has 3 aliphatic rings. The van der Waals surface area contributed by atoms with Crippen LogP contribution in [0.1, 0.15) is 49.3 Å². The van der Waals surface area contributed by atoms with E-state index in [0.717, 1.165) is 17.5 Å². The molecule has 10 nitrogen and oxygen atoms in total. The Balaban J connectivity index is 1.35. The third-order valence-electron chi connectivity index (χ3n) is 8.57. The standard InChI is InChI=1S/C30H38ClN5O5S/c1-20-11-13-35(18-20)28(38)25-15-30(25,34-42(40,41)19-21-6-3-2-4-7-21)29(39)36-12-5-8-26(36)27(37)33-17-23-14-24(31)10-9-22(23)16-32/h2-4,6-7,9-10,14,20,25-26,34H,5,8,11-13,15-19,32H2,1H3,(H,33,37)/t20-,25?,26+,30?/m1/s1. The van der Waals surface area contributed by atoms with E-state index >= 15 is 0 Å². The van der Waals surface area contributed by atoms with E-state index in [-0.39, 0.29) is 37.1 Å². The number of halogens is 1. The van der Waals surface area contributed by atoms with E-state index in [0.29, 0.717) is 49.0 Å². The quantitative estimate of drug-likeness (QED) is 0.374. The Morgan fingerprint density at radius 2 is 1.83 bits per heavy atom. The maximum atomic E-state index is 14.2. The van der Waals surface area contributed by atoms with Gasteiger partial charge in [-0.15, -0.1) is 0 Å². The van der Waals surface area contributed by atoms with E-state index < -0.39 is 33.4 Å². The minimum Gasteiger partial charge on any atom is -0.350 e. The highest BCUT2D eigenvalue weighted by Gasteiger charge is 2.68. The molecule has 42 heavy (non-hydrogen) atoms. The highest BCUT2D eigenvalue weighted by atomic mass is 35.5. The van der Waals surface area contributed by atoms with Gasteiger partial charge in [-0.3, -0.25) is 14.4 Å². The zero-order valence-electron chi connectivity index (χ0n) is 23.7. The van der Waals surface area contributed by atoms with Crippen LogP contribution in [-0.4, -0.2) is 67.2 Å². The highest BCUT2D eigenvalue weighted by molar-refractivity contribution is 7.88. The fraction of sp³-hybridized carbons (Fsp3) is 0.500. The summed E-state index contributed by atoms with van der Waals surface area (Å²) in [6, 6.07) is 13.2. The summed E-state index contributed by atoms with van der Waals surface area (Å²) in [7, 11) is -3.99. The van der Waals surface area contributed by atoms with Crippen molar-refractivity contribution < 1.29 is 22.8 Å². The molecule has 0 bridgehead atoms. The molecular formula is C30H38ClN5O5S. The van der Waals surface area contributed by atoms with Crippen LogP contribution in [-0.2, 0) is 43.2 Å². The van der Waals surface area contributed by atoms with Crippen LogP contribution in [0.3, 0.4) is 0 Å². The maximum absolute atomic E-state index is 14.2. The molecule has 1 aliphatic carbocycles. The lowest BCUT2D eigenvalue weighted by molar-refractivity contribution is -0.142. The largest absolute Gasteiger partial charge is 0.350 e. The first-order valence-corrected chi connectivity index (χ1v) is 16.5. The van der Waals surface area contributed by atoms with Gasteiger partial charge in [0.25, 0.3) is 0 Å². The van der Waals surface area contributed by atoms with Gasteiger partial charge in [0.15, 0.2) is 0 Å². The monoisotopic (exact) mass is 615 g/mol. The summed E-state index contributed by atoms with van der Waals surface area (Å²) in [5, 5.41) is 3.43. The Bertz CT molecular complexity index is 1460. The predicted octanol–water partition coefficient (Wildman–Crippen LogP) is 2.15. The third kappa shape index (κ3) is 6.49. The number of amides is 3. The summed E-state index contributed by atoms with van der Waals surface area (Å²) < 4.78 is 29.4. The van der Waals surface area contributed by atoms with E-state index in [1.54, 1.807) is 47.4 Å². The maximum Gasteiger partial charge on any atom is 0.245 e. The van der Waals surface area contributed by atoms with Crippen LogP contribution in [0.15, 0.2) is 48.5 Å². The van der Waals surface area contributed by atoms with Crippen molar-refractivity contribution in [3.8, 4) is 0 Å². The van der Waals surface area contributed by atoms with Gasteiger partial charge < -0.3 is 20.9 Å². The Morgan fingerprint density at radius 1 is 1.07 bits per heavy atom. The van der Waals surface area contributed by atoms with Crippen molar-refractivity contribution in [1.82, 2.24) is 19.8 Å². The lowest BCUT2D eigenvalue weighted by atomic mass is 10.1. The van der Waals surface area contributed by atoms with Gasteiger partial charge in [0.2, 0.25) is 27.7 Å². The summed E-state index contributed by atoms with van der Waals surface area (Å²) in [4.78, 5) is 44.3. The minimum absolute atomic E-state index is 0.0663. The van der Waals surface area contributed by atoms with Crippen molar-refractivity contribution in [2.24, 2.45) is 17.6 Å². The first-order chi connectivity index (χ1) is 20.0. The Morgan fingerprint density at radius 3 is 2.52 bits per heavy atom. The number of nitrogens with two attached hydrogens (primary N) is 1. The number of likely N-dealkylation sites (tertiary alicyclic amines) is 2. The average molecular weight is 616 g/mol. The van der Waals surface area contributed by atoms with Gasteiger partial charge in [-0.05, 0) is 60.4 Å². The number of hydrogen-bond acceptors (Lipinski definition) is 6. The molecule has 3 amide bonds. The van der Waals surface area contributed by atoms with Crippen LogP contribution in [0.2, 0.25) is 5.02 Å². The molecule has 3 fully saturated rings. The van der Waals surface area contributed by atoms with Crippen molar-refractivity contribution in [3.05, 3.63) is 70.2 Å². The third-order valence-corrected chi connectivity index (χ3v) is 10.2. The molecule has 2 aromatic carbocycles. The second-order valence-electron chi connectivity index (χ2n) is 11.7. The molecule has 2 aliphatic heterocycles. The summed E-state index contributed by atoms with van der Waals surface area (Å²) in [6.45, 7) is 4.00. The molecule has 226 valence electrons. The first-order valence-electron chi connectivity index (χ1n) is 14.4. The van der Waals surface area contributed by atoms with Gasteiger partial charge in [0.05, 0.1) is 11.7 Å². The van der Waals surface area contributed by atoms with Crippen LogP contribution in [0.4, 0.5) is 0 Å². The van der Waals surface area contributed by atoms with Gasteiger partial charge in [-0.25, -0.2) is 8.42 Å². The summed E-state index contributed by atoms with van der Waals surface area (Å²) in [5.41, 5.74) is 6.43. The van der Waals surface area contributed by atoms with Gasteiger partial charge in [-0.2, -0.15) is 4.72 Å². The molecule has 12 heteroatoms. The van der Waals surface area contributed by atoms with Crippen molar-refractivity contribution in [2.75, 3.05) is 19.6 Å². The van der Waals surface area contributed by atoms with Crippen molar-refractivity contribution in [1.29, 1.82) is 0 Å². The highest BCUT2D eigenvalue weighted by Crippen LogP contribution is 2.48. The number of hydrogen-bond donors (Lipinski definition) is 3. The number of benzene rings is 2. The van der Waals surface area contributed by atoms with Gasteiger partial charge in [0.1, 0.15) is 11.6 Å². The van der Waals surface area contributed by atoms with Crippen molar-refractivity contribution >= 4 is 39.3 Å². The lowest BCUT2D eigenvalue weighted by Crippen LogP contribution is -2.57. The number of nitrogens with one attached hydrogen (secondary N) is 2. The summed E-state index contributed by atoms with van der Waals surface area (Å²) >= 11 is 6.14. The predicted molar refractivity (Wildman–Crippen MR) is 159 cm³/mol. The molecule has 1 saturated carbocycles. The molecule has 2 unspecified atom stereocenters. The average Bonchev–Trinajstić information content (AvgIpc) is 3.26. The van der Waals surface area contributed by atoms with Crippen LogP contribution >= 0.6 is 11.6 Å². The van der Waals surface area contributed by atoms with Crippen molar-refractivity contribution in [2.45, 2.75) is 63.0 Å². The van der Waals surface area contributed by atoms with E-state index in [2.05, 4.69) is 17.0 Å².